The second-order valence-corrected chi connectivity index (χ2v) is 5.36. The molecule has 0 aliphatic carbocycles. The van der Waals surface area contributed by atoms with Gasteiger partial charge in [-0.3, -0.25) is 0 Å². The SMILES string of the molecule is CCOCC(NC(=O)N1C[C@H](O)C[C@@H]1C(=O)O)C(C)C. The van der Waals surface area contributed by atoms with Crippen molar-refractivity contribution in [2.45, 2.75) is 45.4 Å². The molecule has 0 radical (unpaired) electrons. The second kappa shape index (κ2) is 7.44. The number of amides is 2. The topological polar surface area (TPSA) is 99.1 Å². The van der Waals surface area contributed by atoms with Crippen LogP contribution in [0.1, 0.15) is 27.2 Å². The Hall–Kier alpha value is -1.34. The quantitative estimate of drug-likeness (QED) is 0.652. The number of β-amino-alcohol motifs (C(OH)–C–C–N with tert-alkyl or cyclic N) is 1. The Bertz CT molecular complexity index is 348. The van der Waals surface area contributed by atoms with Gasteiger partial charge < -0.3 is 25.2 Å². The zero-order chi connectivity index (χ0) is 15.3. The average Bonchev–Trinajstić information content (AvgIpc) is 2.76. The van der Waals surface area contributed by atoms with E-state index in [4.69, 9.17) is 9.84 Å². The minimum Gasteiger partial charge on any atom is -0.480 e. The molecule has 0 aromatic rings. The van der Waals surface area contributed by atoms with Gasteiger partial charge in [-0.25, -0.2) is 9.59 Å². The van der Waals surface area contributed by atoms with E-state index >= 15 is 0 Å². The summed E-state index contributed by atoms with van der Waals surface area (Å²) < 4.78 is 5.32. The molecule has 1 rings (SSSR count). The van der Waals surface area contributed by atoms with Gasteiger partial charge in [-0.05, 0) is 12.8 Å². The maximum Gasteiger partial charge on any atom is 0.326 e. The monoisotopic (exact) mass is 288 g/mol. The maximum absolute atomic E-state index is 12.2. The minimum absolute atomic E-state index is 0.0439. The van der Waals surface area contributed by atoms with E-state index in [9.17, 15) is 14.7 Å². The third kappa shape index (κ3) is 4.35. The molecule has 116 valence electrons. The number of hydrogen-bond donors (Lipinski definition) is 3. The first-order chi connectivity index (χ1) is 9.36. The first-order valence-corrected chi connectivity index (χ1v) is 6.92. The lowest BCUT2D eigenvalue weighted by atomic mass is 10.1. The van der Waals surface area contributed by atoms with Crippen LogP contribution < -0.4 is 5.32 Å². The molecule has 0 saturated carbocycles. The molecule has 1 heterocycles. The Morgan fingerprint density at radius 1 is 1.45 bits per heavy atom. The Labute approximate surface area is 118 Å². The van der Waals surface area contributed by atoms with Gasteiger partial charge in [-0.15, -0.1) is 0 Å². The number of nitrogens with one attached hydrogen (secondary N) is 1. The molecule has 7 heteroatoms. The van der Waals surface area contributed by atoms with Gasteiger partial charge in [0.25, 0.3) is 0 Å². The molecule has 1 aliphatic heterocycles. The Morgan fingerprint density at radius 2 is 2.10 bits per heavy atom. The van der Waals surface area contributed by atoms with Crippen molar-refractivity contribution in [3.8, 4) is 0 Å². The fourth-order valence-electron chi connectivity index (χ4n) is 2.16. The van der Waals surface area contributed by atoms with E-state index < -0.39 is 24.1 Å². The largest absolute Gasteiger partial charge is 0.480 e. The van der Waals surface area contributed by atoms with Crippen molar-refractivity contribution >= 4 is 12.0 Å². The van der Waals surface area contributed by atoms with E-state index in [1.54, 1.807) is 0 Å². The molecule has 1 aliphatic rings. The number of aliphatic hydroxyl groups is 1. The number of carbonyl (C=O) groups excluding carboxylic acids is 1. The van der Waals surface area contributed by atoms with Crippen molar-refractivity contribution in [1.82, 2.24) is 10.2 Å². The zero-order valence-electron chi connectivity index (χ0n) is 12.2. The van der Waals surface area contributed by atoms with Crippen LogP contribution in [0.4, 0.5) is 4.79 Å². The number of rotatable bonds is 6. The normalized spacial score (nSPS) is 23.9. The van der Waals surface area contributed by atoms with Crippen molar-refractivity contribution in [3.63, 3.8) is 0 Å². The van der Waals surface area contributed by atoms with Crippen LogP contribution in [0.25, 0.3) is 0 Å². The summed E-state index contributed by atoms with van der Waals surface area (Å²) in [6.45, 7) is 6.76. The third-order valence-electron chi connectivity index (χ3n) is 3.44. The number of carboxylic acid groups (broad SMARTS) is 1. The molecule has 1 unspecified atom stereocenters. The Morgan fingerprint density at radius 3 is 2.60 bits per heavy atom. The summed E-state index contributed by atoms with van der Waals surface area (Å²) in [5, 5.41) is 21.4. The van der Waals surface area contributed by atoms with Crippen LogP contribution in [0.5, 0.6) is 0 Å². The average molecular weight is 288 g/mol. The first-order valence-electron chi connectivity index (χ1n) is 6.92. The summed E-state index contributed by atoms with van der Waals surface area (Å²) in [6, 6.07) is -1.62. The third-order valence-corrected chi connectivity index (χ3v) is 3.44. The molecule has 0 aromatic carbocycles. The zero-order valence-corrected chi connectivity index (χ0v) is 12.2. The van der Waals surface area contributed by atoms with Crippen molar-refractivity contribution in [2.75, 3.05) is 19.8 Å². The van der Waals surface area contributed by atoms with Crippen molar-refractivity contribution in [3.05, 3.63) is 0 Å². The summed E-state index contributed by atoms with van der Waals surface area (Å²) >= 11 is 0. The molecule has 1 fully saturated rings. The van der Waals surface area contributed by atoms with Crippen LogP contribution in [0.2, 0.25) is 0 Å². The summed E-state index contributed by atoms with van der Waals surface area (Å²) in [5.41, 5.74) is 0. The standard InChI is InChI=1S/C13H24N2O5/c1-4-20-7-10(8(2)3)14-13(19)15-6-9(16)5-11(15)12(17)18/h8-11,16H,4-7H2,1-3H3,(H,14,19)(H,17,18)/t9-,10?,11-/m1/s1. The number of likely N-dealkylation sites (tertiary alicyclic amines) is 1. The number of carbonyl (C=O) groups is 2. The van der Waals surface area contributed by atoms with E-state index in [1.807, 2.05) is 20.8 Å². The highest BCUT2D eigenvalue weighted by molar-refractivity contribution is 5.83. The van der Waals surface area contributed by atoms with Crippen molar-refractivity contribution < 1.29 is 24.5 Å². The lowest BCUT2D eigenvalue weighted by Gasteiger charge is -2.27. The predicted molar refractivity (Wildman–Crippen MR) is 72.4 cm³/mol. The van der Waals surface area contributed by atoms with Crippen LogP contribution >= 0.6 is 0 Å². The van der Waals surface area contributed by atoms with E-state index in [0.717, 1.165) is 0 Å². The molecular weight excluding hydrogens is 264 g/mol. The van der Waals surface area contributed by atoms with Gasteiger partial charge in [-0.2, -0.15) is 0 Å². The molecule has 20 heavy (non-hydrogen) atoms. The summed E-state index contributed by atoms with van der Waals surface area (Å²) in [5.74, 6) is -0.927. The second-order valence-electron chi connectivity index (χ2n) is 5.36. The smallest absolute Gasteiger partial charge is 0.326 e. The molecule has 2 amide bonds. The van der Waals surface area contributed by atoms with E-state index in [1.165, 1.54) is 4.90 Å². The fraction of sp³-hybridized carbons (Fsp3) is 0.846. The lowest BCUT2D eigenvalue weighted by Crippen LogP contribution is -2.51. The van der Waals surface area contributed by atoms with Gasteiger partial charge in [0.15, 0.2) is 0 Å². The molecule has 0 aromatic heterocycles. The molecule has 7 nitrogen and oxygen atoms in total. The van der Waals surface area contributed by atoms with Crippen LogP contribution in [-0.4, -0.2) is 65.1 Å². The van der Waals surface area contributed by atoms with Crippen molar-refractivity contribution in [1.29, 1.82) is 0 Å². The number of aliphatic hydroxyl groups excluding tert-OH is 1. The Kier molecular flexibility index (Phi) is 6.22. The highest BCUT2D eigenvalue weighted by Crippen LogP contribution is 2.18. The van der Waals surface area contributed by atoms with Gasteiger partial charge in [0.2, 0.25) is 0 Å². The number of ether oxygens (including phenoxy) is 1. The van der Waals surface area contributed by atoms with Gasteiger partial charge in [-0.1, -0.05) is 13.8 Å². The molecule has 1 saturated heterocycles. The molecular formula is C13H24N2O5. The van der Waals surface area contributed by atoms with Crippen molar-refractivity contribution in [2.24, 2.45) is 5.92 Å². The maximum atomic E-state index is 12.2. The van der Waals surface area contributed by atoms with Gasteiger partial charge in [0.1, 0.15) is 6.04 Å². The van der Waals surface area contributed by atoms with E-state index in [-0.39, 0.29) is 24.9 Å². The predicted octanol–water partition coefficient (Wildman–Crippen LogP) is 0.277. The Balaban J connectivity index is 2.65. The fourth-order valence-corrected chi connectivity index (χ4v) is 2.16. The van der Waals surface area contributed by atoms with Gasteiger partial charge >= 0.3 is 12.0 Å². The highest BCUT2D eigenvalue weighted by Gasteiger charge is 2.39. The molecule has 0 spiro atoms. The first kappa shape index (κ1) is 16.7. The number of carboxylic acids is 1. The number of hydrogen-bond acceptors (Lipinski definition) is 4. The van der Waals surface area contributed by atoms with Gasteiger partial charge in [0.05, 0.1) is 18.8 Å². The van der Waals surface area contributed by atoms with E-state index in [2.05, 4.69) is 5.32 Å². The van der Waals surface area contributed by atoms with Crippen LogP contribution in [0.15, 0.2) is 0 Å². The minimum atomic E-state index is -1.09. The summed E-state index contributed by atoms with van der Waals surface area (Å²) in [4.78, 5) is 24.4. The number of urea groups is 1. The van der Waals surface area contributed by atoms with Crippen LogP contribution in [0.3, 0.4) is 0 Å². The highest BCUT2D eigenvalue weighted by atomic mass is 16.5. The number of nitrogens with zero attached hydrogens (tertiary/aromatic N) is 1. The molecule has 3 atom stereocenters. The molecule has 3 N–H and O–H groups in total. The summed E-state index contributed by atoms with van der Waals surface area (Å²) in [7, 11) is 0. The lowest BCUT2D eigenvalue weighted by molar-refractivity contribution is -0.141. The van der Waals surface area contributed by atoms with Crippen LogP contribution in [-0.2, 0) is 9.53 Å². The summed E-state index contributed by atoms with van der Waals surface area (Å²) in [6.07, 6.45) is -0.716. The van der Waals surface area contributed by atoms with Crippen LogP contribution in [0, 0.1) is 5.92 Å². The van der Waals surface area contributed by atoms with Gasteiger partial charge in [0, 0.05) is 19.6 Å². The van der Waals surface area contributed by atoms with E-state index in [0.29, 0.717) is 13.2 Å². The number of aliphatic carboxylic acids is 1. The molecule has 0 bridgehead atoms.